The van der Waals surface area contributed by atoms with Crippen LogP contribution in [0.15, 0.2) is 12.1 Å². The minimum Gasteiger partial charge on any atom is -0.385 e. The van der Waals surface area contributed by atoms with Crippen LogP contribution in [0.2, 0.25) is 0 Å². The van der Waals surface area contributed by atoms with Crippen LogP contribution in [-0.4, -0.2) is 5.11 Å². The first-order valence-corrected chi connectivity index (χ1v) is 4.64. The van der Waals surface area contributed by atoms with Crippen molar-refractivity contribution in [3.05, 3.63) is 35.1 Å². The molecular weight excluding hydrogens is 205 g/mol. The van der Waals surface area contributed by atoms with Crippen molar-refractivity contribution in [2.75, 3.05) is 0 Å². The highest BCUT2D eigenvalue weighted by molar-refractivity contribution is 5.25. The minimum atomic E-state index is -1.52. The van der Waals surface area contributed by atoms with E-state index in [1.807, 2.05) is 0 Å². The highest BCUT2D eigenvalue weighted by atomic mass is 19.2. The van der Waals surface area contributed by atoms with Gasteiger partial charge < -0.3 is 5.11 Å². The molecule has 4 heteroatoms. The van der Waals surface area contributed by atoms with Crippen LogP contribution in [-0.2, 0) is 5.60 Å². The topological polar surface area (TPSA) is 20.2 Å². The number of rotatable bonds is 2. The van der Waals surface area contributed by atoms with Crippen LogP contribution < -0.4 is 0 Å². The van der Waals surface area contributed by atoms with E-state index in [1.165, 1.54) is 6.92 Å². The highest BCUT2D eigenvalue weighted by Crippen LogP contribution is 2.30. The third kappa shape index (κ3) is 2.15. The van der Waals surface area contributed by atoms with Gasteiger partial charge in [-0.05, 0) is 30.5 Å². The standard InChI is InChI=1S/C11H13F3O/c1-6(2)11(3,15)7-4-8(12)10(14)9(13)5-7/h4-6,15H,1-3H3/t11-/m0/s1. The summed E-state index contributed by atoms with van der Waals surface area (Å²) in [6.07, 6.45) is 0. The molecule has 1 nitrogen and oxygen atoms in total. The maximum Gasteiger partial charge on any atom is 0.194 e. The van der Waals surface area contributed by atoms with Crippen molar-refractivity contribution in [3.63, 3.8) is 0 Å². The first-order valence-electron chi connectivity index (χ1n) is 4.64. The van der Waals surface area contributed by atoms with Crippen molar-refractivity contribution in [2.45, 2.75) is 26.4 Å². The van der Waals surface area contributed by atoms with Gasteiger partial charge in [0.25, 0.3) is 0 Å². The van der Waals surface area contributed by atoms with Gasteiger partial charge in [-0.1, -0.05) is 13.8 Å². The molecule has 84 valence electrons. The lowest BCUT2D eigenvalue weighted by molar-refractivity contribution is 0.00833. The molecule has 0 aromatic heterocycles. The van der Waals surface area contributed by atoms with E-state index in [2.05, 4.69) is 0 Å². The molecular formula is C11H13F3O. The molecule has 0 aliphatic heterocycles. The molecule has 1 atom stereocenters. The van der Waals surface area contributed by atoms with E-state index in [0.717, 1.165) is 12.1 Å². The Morgan fingerprint density at radius 1 is 1.13 bits per heavy atom. The maximum atomic E-state index is 12.9. The maximum absolute atomic E-state index is 12.9. The Labute approximate surface area is 86.5 Å². The third-order valence-electron chi connectivity index (χ3n) is 2.69. The van der Waals surface area contributed by atoms with Crippen LogP contribution >= 0.6 is 0 Å². The van der Waals surface area contributed by atoms with Crippen molar-refractivity contribution >= 4 is 0 Å². The first kappa shape index (κ1) is 12.0. The fourth-order valence-electron chi connectivity index (χ4n) is 1.18. The summed E-state index contributed by atoms with van der Waals surface area (Å²) in [5, 5.41) is 9.95. The monoisotopic (exact) mass is 218 g/mol. The minimum absolute atomic E-state index is 0.0360. The Balaban J connectivity index is 3.28. The van der Waals surface area contributed by atoms with Crippen molar-refractivity contribution < 1.29 is 18.3 Å². The fourth-order valence-corrected chi connectivity index (χ4v) is 1.18. The molecule has 0 aliphatic carbocycles. The Morgan fingerprint density at radius 2 is 1.53 bits per heavy atom. The summed E-state index contributed by atoms with van der Waals surface area (Å²) in [5.41, 5.74) is -1.34. The molecule has 15 heavy (non-hydrogen) atoms. The summed E-state index contributed by atoms with van der Waals surface area (Å²) in [4.78, 5) is 0. The zero-order valence-corrected chi connectivity index (χ0v) is 8.81. The highest BCUT2D eigenvalue weighted by Gasteiger charge is 2.29. The zero-order chi connectivity index (χ0) is 11.8. The molecule has 0 radical (unpaired) electrons. The number of halogens is 3. The molecule has 0 heterocycles. The van der Waals surface area contributed by atoms with Gasteiger partial charge in [-0.15, -0.1) is 0 Å². The molecule has 0 unspecified atom stereocenters. The lowest BCUT2D eigenvalue weighted by Crippen LogP contribution is -2.28. The van der Waals surface area contributed by atoms with E-state index >= 15 is 0 Å². The van der Waals surface area contributed by atoms with Crippen LogP contribution in [0.5, 0.6) is 0 Å². The molecule has 1 N–H and O–H groups in total. The van der Waals surface area contributed by atoms with Gasteiger partial charge in [0.2, 0.25) is 0 Å². The predicted octanol–water partition coefficient (Wildman–Crippen LogP) is 2.97. The van der Waals surface area contributed by atoms with Gasteiger partial charge in [0, 0.05) is 0 Å². The molecule has 0 fully saturated rings. The molecule has 0 spiro atoms. The predicted molar refractivity (Wildman–Crippen MR) is 50.7 cm³/mol. The summed E-state index contributed by atoms with van der Waals surface area (Å²) in [5.74, 6) is -4.32. The largest absolute Gasteiger partial charge is 0.385 e. The van der Waals surface area contributed by atoms with Crippen molar-refractivity contribution in [2.24, 2.45) is 5.92 Å². The van der Waals surface area contributed by atoms with Crippen molar-refractivity contribution in [3.8, 4) is 0 Å². The molecule has 1 aromatic rings. The Kier molecular flexibility index (Phi) is 3.09. The lowest BCUT2D eigenvalue weighted by atomic mass is 9.85. The summed E-state index contributed by atoms with van der Waals surface area (Å²) >= 11 is 0. The van der Waals surface area contributed by atoms with Gasteiger partial charge >= 0.3 is 0 Å². The number of hydrogen-bond acceptors (Lipinski definition) is 1. The van der Waals surface area contributed by atoms with Crippen molar-refractivity contribution in [1.29, 1.82) is 0 Å². The molecule has 1 rings (SSSR count). The summed E-state index contributed by atoms with van der Waals surface area (Å²) in [6, 6.07) is 1.64. The Bertz CT molecular complexity index is 349. The Hall–Kier alpha value is -1.03. The van der Waals surface area contributed by atoms with Crippen LogP contribution in [0.25, 0.3) is 0 Å². The second-order valence-electron chi connectivity index (χ2n) is 4.06. The van der Waals surface area contributed by atoms with Crippen LogP contribution in [0.1, 0.15) is 26.3 Å². The fraction of sp³-hybridized carbons (Fsp3) is 0.455. The first-order chi connectivity index (χ1) is 6.76. The molecule has 0 aliphatic rings. The molecule has 0 saturated carbocycles. The van der Waals surface area contributed by atoms with E-state index in [0.29, 0.717) is 0 Å². The van der Waals surface area contributed by atoms with Gasteiger partial charge in [-0.25, -0.2) is 13.2 Å². The van der Waals surface area contributed by atoms with Gasteiger partial charge in [0.05, 0.1) is 5.60 Å². The average Bonchev–Trinajstić information content (AvgIpc) is 2.13. The van der Waals surface area contributed by atoms with Crippen LogP contribution in [0.3, 0.4) is 0 Å². The molecule has 0 amide bonds. The smallest absolute Gasteiger partial charge is 0.194 e. The van der Waals surface area contributed by atoms with Gasteiger partial charge in [-0.2, -0.15) is 0 Å². The van der Waals surface area contributed by atoms with Crippen LogP contribution in [0, 0.1) is 23.4 Å². The lowest BCUT2D eigenvalue weighted by Gasteiger charge is -2.28. The zero-order valence-electron chi connectivity index (χ0n) is 8.81. The molecule has 0 saturated heterocycles. The number of hydrogen-bond donors (Lipinski definition) is 1. The SMILES string of the molecule is CC(C)[C@](C)(O)c1cc(F)c(F)c(F)c1. The second-order valence-corrected chi connectivity index (χ2v) is 4.06. The van der Waals surface area contributed by atoms with E-state index in [-0.39, 0.29) is 11.5 Å². The van der Waals surface area contributed by atoms with E-state index < -0.39 is 23.1 Å². The van der Waals surface area contributed by atoms with Crippen molar-refractivity contribution in [1.82, 2.24) is 0 Å². The summed E-state index contributed by atoms with van der Waals surface area (Å²) in [6.45, 7) is 4.85. The second kappa shape index (κ2) is 3.85. The number of benzene rings is 1. The van der Waals surface area contributed by atoms with E-state index in [4.69, 9.17) is 0 Å². The quantitative estimate of drug-likeness (QED) is 0.756. The van der Waals surface area contributed by atoms with E-state index in [1.54, 1.807) is 13.8 Å². The average molecular weight is 218 g/mol. The molecule has 0 bridgehead atoms. The molecule has 1 aromatic carbocycles. The van der Waals surface area contributed by atoms with Crippen LogP contribution in [0.4, 0.5) is 13.2 Å². The van der Waals surface area contributed by atoms with Gasteiger partial charge in [-0.3, -0.25) is 0 Å². The Morgan fingerprint density at radius 3 is 1.87 bits per heavy atom. The van der Waals surface area contributed by atoms with E-state index in [9.17, 15) is 18.3 Å². The van der Waals surface area contributed by atoms with Gasteiger partial charge in [0.1, 0.15) is 0 Å². The normalized spacial score (nSPS) is 15.5. The number of aliphatic hydroxyl groups is 1. The summed E-state index contributed by atoms with van der Waals surface area (Å²) < 4.78 is 38.5. The third-order valence-corrected chi connectivity index (χ3v) is 2.69. The summed E-state index contributed by atoms with van der Waals surface area (Å²) in [7, 11) is 0. The van der Waals surface area contributed by atoms with Gasteiger partial charge in [0.15, 0.2) is 17.5 Å².